The number of nitrogens with zero attached hydrogens (tertiary/aromatic N) is 1. The summed E-state index contributed by atoms with van der Waals surface area (Å²) in [7, 11) is 0. The average molecular weight is 668 g/mol. The minimum atomic E-state index is -0.0612. The smallest absolute Gasteiger partial charge is 0.155 e. The lowest BCUT2D eigenvalue weighted by molar-refractivity contribution is 0.446. The van der Waals surface area contributed by atoms with E-state index in [0.29, 0.717) is 0 Å². The fraction of sp³-hybridized carbons (Fsp3) is 0.0612. The van der Waals surface area contributed by atoms with Crippen molar-refractivity contribution in [1.82, 2.24) is 0 Å². The molecule has 0 spiro atoms. The van der Waals surface area contributed by atoms with E-state index < -0.39 is 0 Å². The van der Waals surface area contributed by atoms with Gasteiger partial charge in [0.05, 0.1) is 11.4 Å². The van der Waals surface area contributed by atoms with Crippen LogP contribution in [0.5, 0.6) is 23.0 Å². The fourth-order valence-electron chi connectivity index (χ4n) is 8.73. The van der Waals surface area contributed by atoms with Gasteiger partial charge in [0, 0.05) is 5.41 Å². The summed E-state index contributed by atoms with van der Waals surface area (Å²) in [5.74, 6) is 3.19. The maximum atomic E-state index is 6.70. The summed E-state index contributed by atoms with van der Waals surface area (Å²) in [4.78, 5) is 2.30. The van der Waals surface area contributed by atoms with Gasteiger partial charge in [0.1, 0.15) is 5.69 Å². The van der Waals surface area contributed by atoms with Crippen LogP contribution in [0.15, 0.2) is 164 Å². The number of benzene rings is 8. The molecule has 1 aliphatic carbocycles. The van der Waals surface area contributed by atoms with Crippen LogP contribution in [0, 0.1) is 0 Å². The lowest BCUT2D eigenvalue weighted by Gasteiger charge is -2.38. The van der Waals surface area contributed by atoms with Crippen molar-refractivity contribution >= 4 is 27.8 Å². The van der Waals surface area contributed by atoms with Gasteiger partial charge in [-0.05, 0) is 109 Å². The van der Waals surface area contributed by atoms with Gasteiger partial charge in [0.15, 0.2) is 23.0 Å². The lowest BCUT2D eigenvalue weighted by atomic mass is 9.82. The second-order valence-electron chi connectivity index (χ2n) is 14.5. The number of hydrogen-bond acceptors (Lipinski definition) is 3. The molecular formula is C49H33NO2. The van der Waals surface area contributed by atoms with Gasteiger partial charge in [-0.3, -0.25) is 4.90 Å². The third-order valence-corrected chi connectivity index (χ3v) is 11.2. The zero-order chi connectivity index (χ0) is 34.6. The van der Waals surface area contributed by atoms with Crippen LogP contribution in [0.2, 0.25) is 0 Å². The summed E-state index contributed by atoms with van der Waals surface area (Å²) in [5, 5.41) is 2.47. The van der Waals surface area contributed by atoms with Crippen LogP contribution < -0.4 is 14.4 Å². The molecule has 246 valence electrons. The molecule has 8 aromatic rings. The van der Waals surface area contributed by atoms with Crippen LogP contribution in [0.3, 0.4) is 0 Å². The molecule has 0 amide bonds. The summed E-state index contributed by atoms with van der Waals surface area (Å²) < 4.78 is 13.4. The van der Waals surface area contributed by atoms with Crippen molar-refractivity contribution in [3.63, 3.8) is 0 Å². The van der Waals surface area contributed by atoms with Crippen LogP contribution in [-0.4, -0.2) is 0 Å². The molecule has 52 heavy (non-hydrogen) atoms. The Bertz CT molecular complexity index is 2790. The minimum Gasteiger partial charge on any atom is -0.453 e. The zero-order valence-corrected chi connectivity index (χ0v) is 28.9. The van der Waals surface area contributed by atoms with E-state index in [-0.39, 0.29) is 5.41 Å². The summed E-state index contributed by atoms with van der Waals surface area (Å²) in [6, 6.07) is 58.7. The Balaban J connectivity index is 1.03. The molecular weight excluding hydrogens is 635 g/mol. The fourth-order valence-corrected chi connectivity index (χ4v) is 8.73. The molecule has 0 unspecified atom stereocenters. The first-order valence-electron chi connectivity index (χ1n) is 17.9. The van der Waals surface area contributed by atoms with Crippen molar-refractivity contribution in [3.05, 3.63) is 175 Å². The van der Waals surface area contributed by atoms with E-state index >= 15 is 0 Å². The average Bonchev–Trinajstić information content (AvgIpc) is 3.43. The molecule has 0 atom stereocenters. The van der Waals surface area contributed by atoms with Crippen LogP contribution in [-0.2, 0) is 5.41 Å². The van der Waals surface area contributed by atoms with Crippen molar-refractivity contribution in [2.45, 2.75) is 19.3 Å². The predicted octanol–water partition coefficient (Wildman–Crippen LogP) is 13.8. The zero-order valence-electron chi connectivity index (χ0n) is 28.9. The van der Waals surface area contributed by atoms with Crippen molar-refractivity contribution in [1.29, 1.82) is 0 Å². The Morgan fingerprint density at radius 1 is 0.404 bits per heavy atom. The van der Waals surface area contributed by atoms with Crippen molar-refractivity contribution in [2.75, 3.05) is 4.90 Å². The summed E-state index contributed by atoms with van der Waals surface area (Å²) in [6.45, 7) is 4.66. The normalized spacial score (nSPS) is 14.0. The summed E-state index contributed by atoms with van der Waals surface area (Å²) >= 11 is 0. The Kier molecular flexibility index (Phi) is 6.01. The van der Waals surface area contributed by atoms with E-state index in [1.165, 1.54) is 49.7 Å². The Hall–Kier alpha value is -6.58. The molecule has 0 radical (unpaired) electrons. The molecule has 2 heterocycles. The summed E-state index contributed by atoms with van der Waals surface area (Å²) in [6.07, 6.45) is 0. The molecule has 3 aliphatic rings. The van der Waals surface area contributed by atoms with Crippen LogP contribution in [0.1, 0.15) is 25.0 Å². The van der Waals surface area contributed by atoms with E-state index in [9.17, 15) is 0 Å². The van der Waals surface area contributed by atoms with Crippen LogP contribution in [0.25, 0.3) is 55.3 Å². The first kappa shape index (κ1) is 29.2. The highest BCUT2D eigenvalue weighted by atomic mass is 16.5. The van der Waals surface area contributed by atoms with E-state index in [2.05, 4.69) is 164 Å². The Morgan fingerprint density at radius 2 is 0.923 bits per heavy atom. The monoisotopic (exact) mass is 667 g/mol. The van der Waals surface area contributed by atoms with Gasteiger partial charge in [-0.2, -0.15) is 0 Å². The summed E-state index contributed by atoms with van der Waals surface area (Å²) in [5.41, 5.74) is 15.2. The molecule has 0 bridgehead atoms. The van der Waals surface area contributed by atoms with Crippen LogP contribution in [0.4, 0.5) is 17.1 Å². The van der Waals surface area contributed by atoms with Gasteiger partial charge in [-0.25, -0.2) is 0 Å². The van der Waals surface area contributed by atoms with Gasteiger partial charge in [0.25, 0.3) is 0 Å². The van der Waals surface area contributed by atoms with Gasteiger partial charge < -0.3 is 9.47 Å². The van der Waals surface area contributed by atoms with Gasteiger partial charge in [-0.1, -0.05) is 135 Å². The molecule has 8 aromatic carbocycles. The van der Waals surface area contributed by atoms with Gasteiger partial charge in [0.2, 0.25) is 0 Å². The number of hydrogen-bond donors (Lipinski definition) is 0. The van der Waals surface area contributed by atoms with Gasteiger partial charge in [-0.15, -0.1) is 0 Å². The third kappa shape index (κ3) is 4.14. The van der Waals surface area contributed by atoms with Crippen molar-refractivity contribution < 1.29 is 9.47 Å². The van der Waals surface area contributed by atoms with E-state index in [0.717, 1.165) is 56.8 Å². The molecule has 2 aliphatic heterocycles. The third-order valence-electron chi connectivity index (χ3n) is 11.2. The number of rotatable bonds is 3. The molecule has 0 saturated heterocycles. The van der Waals surface area contributed by atoms with Gasteiger partial charge >= 0.3 is 0 Å². The first-order valence-corrected chi connectivity index (χ1v) is 17.9. The van der Waals surface area contributed by atoms with E-state index in [4.69, 9.17) is 9.47 Å². The Labute approximate surface area is 303 Å². The van der Waals surface area contributed by atoms with E-state index in [1.807, 2.05) is 18.2 Å². The second kappa shape index (κ2) is 10.7. The molecule has 3 nitrogen and oxygen atoms in total. The van der Waals surface area contributed by atoms with Crippen molar-refractivity contribution in [3.8, 4) is 67.5 Å². The predicted molar refractivity (Wildman–Crippen MR) is 213 cm³/mol. The highest BCUT2D eigenvalue weighted by Crippen LogP contribution is 2.61. The standard InChI is InChI=1S/C49H33NO2/c1-49(2)39-17-8-7-15-38(39)47-37(16-9-18-40(47)49)34-24-26-42-46(29-34)52-44-20-10-19-43-48(44)50(42)41-25-23-33(28-45(41)51-43)36-14-6-5-13-35(36)32-22-21-30-11-3-4-12-31(30)27-32/h3-29H,1-2H3. The topological polar surface area (TPSA) is 21.7 Å². The second-order valence-corrected chi connectivity index (χ2v) is 14.5. The molecule has 0 aromatic heterocycles. The SMILES string of the molecule is CC1(C)c2ccccc2-c2c(-c3ccc4c(c3)Oc3cccc5c3N4c3ccc(-c4ccccc4-c4ccc6ccccc6c4)cc3O5)cccc21. The highest BCUT2D eigenvalue weighted by Gasteiger charge is 2.38. The highest BCUT2D eigenvalue weighted by molar-refractivity contribution is 5.98. The van der Waals surface area contributed by atoms with Crippen molar-refractivity contribution in [2.24, 2.45) is 0 Å². The molecule has 0 saturated carbocycles. The maximum absolute atomic E-state index is 6.70. The molecule has 0 fully saturated rings. The molecule has 11 rings (SSSR count). The minimum absolute atomic E-state index is 0.0612. The number of ether oxygens (including phenoxy) is 2. The first-order chi connectivity index (χ1) is 25.5. The largest absolute Gasteiger partial charge is 0.453 e. The Morgan fingerprint density at radius 3 is 1.63 bits per heavy atom. The molecule has 0 N–H and O–H groups in total. The lowest BCUT2D eigenvalue weighted by Crippen LogP contribution is -2.20. The molecule has 3 heteroatoms. The number of para-hydroxylation sites is 1. The maximum Gasteiger partial charge on any atom is 0.155 e. The van der Waals surface area contributed by atoms with Crippen LogP contribution >= 0.6 is 0 Å². The number of anilines is 3. The quantitative estimate of drug-likeness (QED) is 0.187. The van der Waals surface area contributed by atoms with E-state index in [1.54, 1.807) is 0 Å². The number of fused-ring (bicyclic) bond motifs is 8.